The van der Waals surface area contributed by atoms with Crippen molar-refractivity contribution in [2.75, 3.05) is 0 Å². The van der Waals surface area contributed by atoms with E-state index in [0.29, 0.717) is 17.8 Å². The van der Waals surface area contributed by atoms with Crippen LogP contribution in [-0.2, 0) is 4.79 Å². The van der Waals surface area contributed by atoms with Crippen LogP contribution >= 0.6 is 0 Å². The van der Waals surface area contributed by atoms with E-state index >= 15 is 0 Å². The minimum absolute atomic E-state index is 0.0887. The Kier molecular flexibility index (Phi) is 3.64. The van der Waals surface area contributed by atoms with Gasteiger partial charge in [-0.15, -0.1) is 0 Å². The van der Waals surface area contributed by atoms with Crippen LogP contribution in [0.4, 0.5) is 8.78 Å². The highest BCUT2D eigenvalue weighted by atomic mass is 19.1. The standard InChI is InChI=1S/C12H10F2N2O4/c1-5-2-9(11(17)16-15-5)20-10-7(13)3-6(12(18)19)4-8(10)14/h3-4,9H,2H2,1H3,(H,16,17)(H,18,19). The molecule has 0 aliphatic carbocycles. The summed E-state index contributed by atoms with van der Waals surface area (Å²) in [6, 6.07) is 1.25. The zero-order chi connectivity index (χ0) is 14.9. The SMILES string of the molecule is CC1=NNC(=O)C(Oc2c(F)cc(C(=O)O)cc2F)C1. The van der Waals surface area contributed by atoms with Gasteiger partial charge in [-0.2, -0.15) is 5.10 Å². The predicted octanol–water partition coefficient (Wildman–Crippen LogP) is 1.31. The fourth-order valence-corrected chi connectivity index (χ4v) is 1.66. The van der Waals surface area contributed by atoms with E-state index < -0.39 is 40.9 Å². The first-order valence-electron chi connectivity index (χ1n) is 5.60. The molecule has 0 fully saturated rings. The van der Waals surface area contributed by atoms with Gasteiger partial charge in [0.2, 0.25) is 0 Å². The molecule has 6 nitrogen and oxygen atoms in total. The monoisotopic (exact) mass is 284 g/mol. The average molecular weight is 284 g/mol. The molecule has 1 aromatic rings. The van der Waals surface area contributed by atoms with Crippen molar-refractivity contribution in [3.63, 3.8) is 0 Å². The molecule has 0 aromatic heterocycles. The Hall–Kier alpha value is -2.51. The molecule has 1 unspecified atom stereocenters. The number of carboxylic acids is 1. The number of nitrogens with one attached hydrogen (secondary N) is 1. The van der Waals surface area contributed by atoms with E-state index in [1.807, 2.05) is 0 Å². The summed E-state index contributed by atoms with van der Waals surface area (Å²) in [6.45, 7) is 1.62. The van der Waals surface area contributed by atoms with E-state index in [-0.39, 0.29) is 6.42 Å². The third-order valence-corrected chi connectivity index (χ3v) is 2.64. The van der Waals surface area contributed by atoms with Crippen molar-refractivity contribution in [2.45, 2.75) is 19.4 Å². The fraction of sp³-hybridized carbons (Fsp3) is 0.250. The molecule has 2 rings (SSSR count). The van der Waals surface area contributed by atoms with E-state index in [1.54, 1.807) is 6.92 Å². The number of amides is 1. The van der Waals surface area contributed by atoms with Crippen LogP contribution in [0.3, 0.4) is 0 Å². The summed E-state index contributed by atoms with van der Waals surface area (Å²) in [5.41, 5.74) is 2.15. The van der Waals surface area contributed by atoms with Crippen molar-refractivity contribution in [1.29, 1.82) is 0 Å². The molecule has 1 aromatic carbocycles. The molecular weight excluding hydrogens is 274 g/mol. The van der Waals surface area contributed by atoms with Gasteiger partial charge in [-0.25, -0.2) is 19.0 Å². The summed E-state index contributed by atoms with van der Waals surface area (Å²) >= 11 is 0. The van der Waals surface area contributed by atoms with Gasteiger partial charge in [0.05, 0.1) is 5.56 Å². The summed E-state index contributed by atoms with van der Waals surface area (Å²) in [5, 5.41) is 12.3. The largest absolute Gasteiger partial charge is 0.478 e. The molecular formula is C12H10F2N2O4. The average Bonchev–Trinajstić information content (AvgIpc) is 2.37. The van der Waals surface area contributed by atoms with Crippen LogP contribution < -0.4 is 10.2 Å². The lowest BCUT2D eigenvalue weighted by molar-refractivity contribution is -0.128. The lowest BCUT2D eigenvalue weighted by Gasteiger charge is -2.21. The van der Waals surface area contributed by atoms with Crippen LogP contribution in [0.15, 0.2) is 17.2 Å². The smallest absolute Gasteiger partial charge is 0.335 e. The molecule has 2 N–H and O–H groups in total. The van der Waals surface area contributed by atoms with Crippen LogP contribution in [0.5, 0.6) is 5.75 Å². The minimum atomic E-state index is -1.47. The first-order valence-corrected chi connectivity index (χ1v) is 5.60. The number of carbonyl (C=O) groups is 2. The van der Waals surface area contributed by atoms with Crippen LogP contribution in [0.25, 0.3) is 0 Å². The molecule has 1 heterocycles. The highest BCUT2D eigenvalue weighted by molar-refractivity contribution is 5.94. The molecule has 20 heavy (non-hydrogen) atoms. The summed E-state index contributed by atoms with van der Waals surface area (Å²) in [4.78, 5) is 22.1. The van der Waals surface area contributed by atoms with Crippen LogP contribution in [-0.4, -0.2) is 28.8 Å². The van der Waals surface area contributed by atoms with E-state index in [1.165, 1.54) is 0 Å². The topological polar surface area (TPSA) is 88.0 Å². The van der Waals surface area contributed by atoms with E-state index in [9.17, 15) is 18.4 Å². The first kappa shape index (κ1) is 13.9. The number of halogens is 2. The zero-order valence-corrected chi connectivity index (χ0v) is 10.3. The van der Waals surface area contributed by atoms with Crippen molar-refractivity contribution < 1.29 is 28.2 Å². The lowest BCUT2D eigenvalue weighted by Crippen LogP contribution is -2.41. The molecule has 1 atom stereocenters. The maximum absolute atomic E-state index is 13.7. The number of carbonyl (C=O) groups excluding carboxylic acids is 1. The number of carboxylic acid groups (broad SMARTS) is 1. The molecule has 0 radical (unpaired) electrons. The second kappa shape index (κ2) is 5.24. The highest BCUT2D eigenvalue weighted by Crippen LogP contribution is 2.25. The quantitative estimate of drug-likeness (QED) is 0.875. The molecule has 1 aliphatic rings. The minimum Gasteiger partial charge on any atom is -0.478 e. The summed E-state index contributed by atoms with van der Waals surface area (Å²) in [5.74, 6) is -5.25. The molecule has 1 aliphatic heterocycles. The van der Waals surface area contributed by atoms with Crippen molar-refractivity contribution in [3.8, 4) is 5.75 Å². The van der Waals surface area contributed by atoms with Gasteiger partial charge in [0.15, 0.2) is 23.5 Å². The van der Waals surface area contributed by atoms with Crippen molar-refractivity contribution in [2.24, 2.45) is 5.10 Å². The number of rotatable bonds is 3. The number of nitrogens with zero attached hydrogens (tertiary/aromatic N) is 1. The summed E-state index contributed by atoms with van der Waals surface area (Å²) in [7, 11) is 0. The molecule has 1 amide bonds. The van der Waals surface area contributed by atoms with Crippen LogP contribution in [0, 0.1) is 11.6 Å². The molecule has 0 saturated carbocycles. The van der Waals surface area contributed by atoms with E-state index in [4.69, 9.17) is 9.84 Å². The van der Waals surface area contributed by atoms with Gasteiger partial charge < -0.3 is 9.84 Å². The Balaban J connectivity index is 2.28. The Bertz CT molecular complexity index is 592. The van der Waals surface area contributed by atoms with E-state index in [0.717, 1.165) is 0 Å². The van der Waals surface area contributed by atoms with E-state index in [2.05, 4.69) is 10.5 Å². The second-order valence-electron chi connectivity index (χ2n) is 4.21. The van der Waals surface area contributed by atoms with Gasteiger partial charge in [-0.05, 0) is 19.1 Å². The summed E-state index contributed by atoms with van der Waals surface area (Å²) < 4.78 is 32.3. The predicted molar refractivity (Wildman–Crippen MR) is 63.6 cm³/mol. The van der Waals surface area contributed by atoms with Crippen molar-refractivity contribution >= 4 is 17.6 Å². The molecule has 8 heteroatoms. The zero-order valence-electron chi connectivity index (χ0n) is 10.3. The van der Waals surface area contributed by atoms with Gasteiger partial charge >= 0.3 is 5.97 Å². The Morgan fingerprint density at radius 2 is 2.05 bits per heavy atom. The maximum Gasteiger partial charge on any atom is 0.335 e. The lowest BCUT2D eigenvalue weighted by atomic mass is 10.1. The Morgan fingerprint density at radius 3 is 2.60 bits per heavy atom. The third-order valence-electron chi connectivity index (χ3n) is 2.64. The van der Waals surface area contributed by atoms with Gasteiger partial charge in [-0.3, -0.25) is 4.79 Å². The molecule has 0 bridgehead atoms. The van der Waals surface area contributed by atoms with Crippen molar-refractivity contribution in [1.82, 2.24) is 5.43 Å². The number of ether oxygens (including phenoxy) is 1. The maximum atomic E-state index is 13.7. The van der Waals surface area contributed by atoms with Gasteiger partial charge in [0.1, 0.15) is 0 Å². The van der Waals surface area contributed by atoms with Gasteiger partial charge in [0, 0.05) is 12.1 Å². The van der Waals surface area contributed by atoms with Crippen LogP contribution in [0.2, 0.25) is 0 Å². The second-order valence-corrected chi connectivity index (χ2v) is 4.21. The number of hydrogen-bond donors (Lipinski definition) is 2. The molecule has 0 spiro atoms. The van der Waals surface area contributed by atoms with Gasteiger partial charge in [0.25, 0.3) is 5.91 Å². The fourth-order valence-electron chi connectivity index (χ4n) is 1.66. The van der Waals surface area contributed by atoms with Crippen molar-refractivity contribution in [3.05, 3.63) is 29.3 Å². The summed E-state index contributed by atoms with van der Waals surface area (Å²) in [6.07, 6.45) is -1.03. The molecule has 106 valence electrons. The number of hydrazone groups is 1. The third kappa shape index (κ3) is 2.73. The Labute approximate surface area is 112 Å². The van der Waals surface area contributed by atoms with Gasteiger partial charge in [-0.1, -0.05) is 0 Å². The number of benzene rings is 1. The first-order chi connectivity index (χ1) is 9.38. The normalized spacial score (nSPS) is 18.2. The number of aromatic carboxylic acids is 1. The Morgan fingerprint density at radius 1 is 1.45 bits per heavy atom. The van der Waals surface area contributed by atoms with Crippen LogP contribution in [0.1, 0.15) is 23.7 Å². The highest BCUT2D eigenvalue weighted by Gasteiger charge is 2.28. The number of hydrogen-bond acceptors (Lipinski definition) is 4. The molecule has 0 saturated heterocycles.